The van der Waals surface area contributed by atoms with Crippen LogP contribution in [0, 0.1) is 0 Å². The molecule has 1 aromatic heterocycles. The van der Waals surface area contributed by atoms with Gasteiger partial charge in [0.2, 0.25) is 0 Å². The van der Waals surface area contributed by atoms with Gasteiger partial charge >= 0.3 is 0 Å². The molecule has 6 nitrogen and oxygen atoms in total. The number of benzene rings is 1. The Kier molecular flexibility index (Phi) is 11.7. The lowest BCUT2D eigenvalue weighted by Gasteiger charge is -2.22. The van der Waals surface area contributed by atoms with Crippen LogP contribution in [0.4, 0.5) is 0 Å². The van der Waals surface area contributed by atoms with Crippen molar-refractivity contribution in [1.82, 2.24) is 10.6 Å². The second-order valence-corrected chi connectivity index (χ2v) is 7.67. The Bertz CT molecular complexity index is 785. The van der Waals surface area contributed by atoms with Gasteiger partial charge in [-0.1, -0.05) is 36.4 Å². The summed E-state index contributed by atoms with van der Waals surface area (Å²) >= 11 is 0. The molecule has 0 atom stereocenters. The summed E-state index contributed by atoms with van der Waals surface area (Å²) in [5, 5.41) is 6.68. The van der Waals surface area contributed by atoms with Gasteiger partial charge in [0.1, 0.15) is 5.76 Å². The zero-order valence-electron chi connectivity index (χ0n) is 18.3. The Hall–Kier alpha value is -1.84. The van der Waals surface area contributed by atoms with E-state index in [-0.39, 0.29) is 24.0 Å². The Labute approximate surface area is 202 Å². The molecule has 31 heavy (non-hydrogen) atoms. The maximum absolute atomic E-state index is 5.99. The van der Waals surface area contributed by atoms with Gasteiger partial charge in [0, 0.05) is 32.7 Å². The van der Waals surface area contributed by atoms with Crippen LogP contribution in [-0.4, -0.2) is 38.4 Å². The summed E-state index contributed by atoms with van der Waals surface area (Å²) in [6, 6.07) is 12.4. The van der Waals surface area contributed by atoms with Crippen LogP contribution in [0.1, 0.15) is 36.7 Å². The molecule has 1 fully saturated rings. The Morgan fingerprint density at radius 3 is 2.55 bits per heavy atom. The van der Waals surface area contributed by atoms with Crippen LogP contribution >= 0.6 is 24.0 Å². The lowest BCUT2D eigenvalue weighted by Crippen LogP contribution is -2.39. The molecule has 1 aromatic carbocycles. The van der Waals surface area contributed by atoms with Crippen LogP contribution in [0.25, 0.3) is 0 Å². The molecule has 0 bridgehead atoms. The van der Waals surface area contributed by atoms with E-state index in [9.17, 15) is 0 Å². The van der Waals surface area contributed by atoms with Crippen LogP contribution in [0.15, 0.2) is 64.2 Å². The van der Waals surface area contributed by atoms with Crippen molar-refractivity contribution in [3.8, 4) is 0 Å². The van der Waals surface area contributed by atoms with Crippen molar-refractivity contribution < 1.29 is 13.9 Å². The fourth-order valence-electron chi connectivity index (χ4n) is 3.14. The maximum atomic E-state index is 5.99. The molecule has 1 aliphatic rings. The summed E-state index contributed by atoms with van der Waals surface area (Å²) in [5.74, 6) is 1.73. The highest BCUT2D eigenvalue weighted by atomic mass is 127. The largest absolute Gasteiger partial charge is 0.469 e. The maximum Gasteiger partial charge on any atom is 0.191 e. The molecular formula is C24H34IN3O3. The van der Waals surface area contributed by atoms with E-state index < -0.39 is 0 Å². The van der Waals surface area contributed by atoms with E-state index in [1.54, 1.807) is 6.26 Å². The predicted octanol–water partition coefficient (Wildman–Crippen LogP) is 4.45. The first kappa shape index (κ1) is 25.4. The second kappa shape index (κ2) is 14.3. The van der Waals surface area contributed by atoms with Gasteiger partial charge in [-0.05, 0) is 43.0 Å². The van der Waals surface area contributed by atoms with Crippen molar-refractivity contribution >= 4 is 29.9 Å². The second-order valence-electron chi connectivity index (χ2n) is 7.67. The molecule has 2 heterocycles. The molecule has 2 N–H and O–H groups in total. The molecule has 3 rings (SSSR count). The van der Waals surface area contributed by atoms with Crippen LogP contribution in [0.2, 0.25) is 0 Å². The standard InChI is InChI=1S/C24H33N3O3.HI/c1-19(2)16-26-24(25-12-9-22-4-3-13-29-22)27-17-20-5-7-21(8-6-20)18-30-23-10-14-28-15-11-23;/h3-8,13,23H,1,9-12,14-18H2,2H3,(H2,25,26,27);1H. The number of furan rings is 1. The Balaban J connectivity index is 0.00000341. The van der Waals surface area contributed by atoms with Crippen LogP contribution in [0.5, 0.6) is 0 Å². The van der Waals surface area contributed by atoms with E-state index in [0.717, 1.165) is 61.9 Å². The highest BCUT2D eigenvalue weighted by Crippen LogP contribution is 2.14. The molecule has 0 radical (unpaired) electrons. The normalized spacial score (nSPS) is 14.7. The molecule has 170 valence electrons. The number of nitrogens with zero attached hydrogens (tertiary/aromatic N) is 1. The fraction of sp³-hybridized carbons (Fsp3) is 0.458. The number of hydrogen-bond acceptors (Lipinski definition) is 4. The summed E-state index contributed by atoms with van der Waals surface area (Å²) in [4.78, 5) is 4.71. The first-order valence-electron chi connectivity index (χ1n) is 10.6. The zero-order chi connectivity index (χ0) is 21.0. The number of ether oxygens (including phenoxy) is 2. The topological polar surface area (TPSA) is 68.0 Å². The van der Waals surface area contributed by atoms with Crippen molar-refractivity contribution in [1.29, 1.82) is 0 Å². The molecule has 7 heteroatoms. The molecule has 0 unspecified atom stereocenters. The average Bonchev–Trinajstić information content (AvgIpc) is 3.29. The van der Waals surface area contributed by atoms with E-state index in [2.05, 4.69) is 41.5 Å². The minimum absolute atomic E-state index is 0. The van der Waals surface area contributed by atoms with Gasteiger partial charge in [0.05, 0.1) is 25.5 Å². The Morgan fingerprint density at radius 2 is 1.87 bits per heavy atom. The van der Waals surface area contributed by atoms with Gasteiger partial charge in [-0.2, -0.15) is 0 Å². The van der Waals surface area contributed by atoms with Gasteiger partial charge in [0.15, 0.2) is 5.96 Å². The third kappa shape index (κ3) is 9.88. The molecule has 1 saturated heterocycles. The van der Waals surface area contributed by atoms with Crippen molar-refractivity contribution in [2.45, 2.75) is 45.4 Å². The van der Waals surface area contributed by atoms with E-state index in [4.69, 9.17) is 18.9 Å². The van der Waals surface area contributed by atoms with Crippen LogP contribution < -0.4 is 10.6 Å². The first-order valence-corrected chi connectivity index (χ1v) is 10.6. The van der Waals surface area contributed by atoms with E-state index >= 15 is 0 Å². The minimum Gasteiger partial charge on any atom is -0.469 e. The molecule has 2 aromatic rings. The number of guanidine groups is 1. The third-order valence-electron chi connectivity index (χ3n) is 4.90. The summed E-state index contributed by atoms with van der Waals surface area (Å²) in [7, 11) is 0. The molecule has 1 aliphatic heterocycles. The summed E-state index contributed by atoms with van der Waals surface area (Å²) < 4.78 is 16.7. The molecule has 0 saturated carbocycles. The van der Waals surface area contributed by atoms with E-state index in [0.29, 0.717) is 25.8 Å². The fourth-order valence-corrected chi connectivity index (χ4v) is 3.14. The van der Waals surface area contributed by atoms with Crippen molar-refractivity contribution in [2.24, 2.45) is 4.99 Å². The molecular weight excluding hydrogens is 505 g/mol. The highest BCUT2D eigenvalue weighted by Gasteiger charge is 2.13. The third-order valence-corrected chi connectivity index (χ3v) is 4.90. The van der Waals surface area contributed by atoms with Crippen molar-refractivity contribution in [3.63, 3.8) is 0 Å². The zero-order valence-corrected chi connectivity index (χ0v) is 20.6. The number of aliphatic imine (C=N–C) groups is 1. The summed E-state index contributed by atoms with van der Waals surface area (Å²) in [6.07, 6.45) is 4.79. The monoisotopic (exact) mass is 539 g/mol. The first-order chi connectivity index (χ1) is 14.7. The van der Waals surface area contributed by atoms with Gasteiger partial charge in [-0.3, -0.25) is 0 Å². The van der Waals surface area contributed by atoms with E-state index in [1.807, 2.05) is 19.1 Å². The lowest BCUT2D eigenvalue weighted by atomic mass is 10.1. The van der Waals surface area contributed by atoms with Gasteiger partial charge in [-0.25, -0.2) is 4.99 Å². The quantitative estimate of drug-likeness (QED) is 0.202. The number of halogens is 1. The average molecular weight is 539 g/mol. The summed E-state index contributed by atoms with van der Waals surface area (Å²) in [5.41, 5.74) is 3.41. The smallest absolute Gasteiger partial charge is 0.191 e. The van der Waals surface area contributed by atoms with Gasteiger partial charge in [-0.15, -0.1) is 24.0 Å². The number of hydrogen-bond donors (Lipinski definition) is 2. The predicted molar refractivity (Wildman–Crippen MR) is 135 cm³/mol. The van der Waals surface area contributed by atoms with E-state index in [1.165, 1.54) is 5.56 Å². The minimum atomic E-state index is 0. The van der Waals surface area contributed by atoms with Crippen LogP contribution in [-0.2, 0) is 29.0 Å². The SMILES string of the molecule is C=C(C)CNC(=NCc1ccc(COC2CCOCC2)cc1)NCCc1ccco1.I. The Morgan fingerprint density at radius 1 is 1.13 bits per heavy atom. The van der Waals surface area contributed by atoms with Crippen molar-refractivity contribution in [2.75, 3.05) is 26.3 Å². The van der Waals surface area contributed by atoms with Gasteiger partial charge in [0.25, 0.3) is 0 Å². The lowest BCUT2D eigenvalue weighted by molar-refractivity contribution is -0.0390. The number of rotatable bonds is 10. The van der Waals surface area contributed by atoms with Crippen molar-refractivity contribution in [3.05, 3.63) is 71.7 Å². The highest BCUT2D eigenvalue weighted by molar-refractivity contribution is 14.0. The molecule has 0 aliphatic carbocycles. The molecule has 0 spiro atoms. The van der Waals surface area contributed by atoms with Crippen LogP contribution in [0.3, 0.4) is 0 Å². The van der Waals surface area contributed by atoms with Gasteiger partial charge < -0.3 is 24.5 Å². The summed E-state index contributed by atoms with van der Waals surface area (Å²) in [6.45, 7) is 10.2. The molecule has 0 amide bonds. The number of nitrogens with one attached hydrogen (secondary N) is 2.